The molecule has 1 unspecified atom stereocenters. The Morgan fingerprint density at radius 3 is 2.29 bits per heavy atom. The summed E-state index contributed by atoms with van der Waals surface area (Å²) in [7, 11) is 1.50. The maximum atomic E-state index is 13.6. The van der Waals surface area contributed by atoms with E-state index in [1.54, 1.807) is 51.1 Å². The number of carbonyl (C=O) groups is 1. The van der Waals surface area contributed by atoms with Crippen molar-refractivity contribution in [1.82, 2.24) is 5.32 Å². The fraction of sp³-hybridized carbons (Fsp3) is 0.355. The van der Waals surface area contributed by atoms with E-state index in [9.17, 15) is 14.7 Å². The molecule has 0 saturated carbocycles. The number of fused-ring (bicyclic) bond motifs is 2. The van der Waals surface area contributed by atoms with Crippen molar-refractivity contribution in [2.45, 2.75) is 44.8 Å². The Bertz CT molecular complexity index is 1570. The third-order valence-electron chi connectivity index (χ3n) is 6.29. The quantitative estimate of drug-likeness (QED) is 0.113. The molecule has 0 aliphatic heterocycles. The Hall–Kier alpha value is -3.21. The van der Waals surface area contributed by atoms with Crippen LogP contribution in [0.5, 0.6) is 11.5 Å². The lowest BCUT2D eigenvalue weighted by atomic mass is 9.92. The fourth-order valence-electron chi connectivity index (χ4n) is 4.30. The van der Waals surface area contributed by atoms with Crippen molar-refractivity contribution in [1.29, 1.82) is 0 Å². The second kappa shape index (κ2) is 13.2. The number of aliphatic hydroxyl groups excluding tert-OH is 1. The van der Waals surface area contributed by atoms with E-state index < -0.39 is 17.2 Å². The maximum Gasteiger partial charge on any atom is 0.408 e. The third-order valence-corrected chi connectivity index (χ3v) is 7.70. The molecule has 0 saturated heterocycles. The van der Waals surface area contributed by atoms with Crippen LogP contribution >= 0.6 is 22.9 Å². The summed E-state index contributed by atoms with van der Waals surface area (Å²) in [6.07, 6.45) is 0.144. The minimum absolute atomic E-state index is 0.00541. The second-order valence-electron chi connectivity index (χ2n) is 10.8. The van der Waals surface area contributed by atoms with Crippen molar-refractivity contribution < 1.29 is 28.8 Å². The molecule has 8 nitrogen and oxygen atoms in total. The number of nitrogens with one attached hydrogen (secondary N) is 1. The number of methoxy groups -OCH3 is 1. The molecule has 0 radical (unpaired) electrons. The highest BCUT2D eigenvalue weighted by atomic mass is 35.5. The zero-order valence-corrected chi connectivity index (χ0v) is 25.1. The molecule has 1 aromatic heterocycles. The van der Waals surface area contributed by atoms with Gasteiger partial charge in [0.15, 0.2) is 5.43 Å². The molecule has 4 aromatic rings. The summed E-state index contributed by atoms with van der Waals surface area (Å²) in [5.74, 6) is 1.17. The van der Waals surface area contributed by atoms with Crippen LogP contribution in [-0.4, -0.2) is 49.5 Å². The smallest absolute Gasteiger partial charge is 0.408 e. The van der Waals surface area contributed by atoms with Crippen molar-refractivity contribution in [3.05, 3.63) is 81.5 Å². The molecule has 0 bridgehead atoms. The number of halogens is 1. The Kier molecular flexibility index (Phi) is 9.88. The van der Waals surface area contributed by atoms with Crippen LogP contribution in [0, 0.1) is 0 Å². The van der Waals surface area contributed by atoms with Crippen molar-refractivity contribution in [3.8, 4) is 11.5 Å². The van der Waals surface area contributed by atoms with E-state index in [0.717, 1.165) is 15.0 Å². The van der Waals surface area contributed by atoms with E-state index in [2.05, 4.69) is 5.32 Å². The van der Waals surface area contributed by atoms with Crippen molar-refractivity contribution in [2.75, 3.05) is 27.1 Å². The van der Waals surface area contributed by atoms with Crippen LogP contribution in [0.1, 0.15) is 32.8 Å². The van der Waals surface area contributed by atoms with Gasteiger partial charge in [-0.25, -0.2) is 4.79 Å². The number of rotatable bonds is 11. The Balaban J connectivity index is 1.59. The molecule has 41 heavy (non-hydrogen) atoms. The van der Waals surface area contributed by atoms with Gasteiger partial charge in [-0.15, -0.1) is 11.3 Å². The van der Waals surface area contributed by atoms with Gasteiger partial charge in [0, 0.05) is 32.3 Å². The predicted molar refractivity (Wildman–Crippen MR) is 162 cm³/mol. The molecule has 0 aliphatic carbocycles. The van der Waals surface area contributed by atoms with Crippen molar-refractivity contribution >= 4 is 49.2 Å². The molecule has 1 amide bonds. The normalized spacial score (nSPS) is 13.2. The van der Waals surface area contributed by atoms with Crippen LogP contribution < -0.4 is 15.5 Å². The molecule has 218 valence electrons. The summed E-state index contributed by atoms with van der Waals surface area (Å²) in [5.41, 5.74) is -1.03. The summed E-state index contributed by atoms with van der Waals surface area (Å²) in [6, 6.07) is 18.2. The minimum atomic E-state index is -1.12. The topological polar surface area (TPSA) is 103 Å². The van der Waals surface area contributed by atoms with E-state index in [1.165, 1.54) is 18.4 Å². The van der Waals surface area contributed by atoms with Gasteiger partial charge < -0.3 is 29.4 Å². The largest absolute Gasteiger partial charge is 0.457 e. The average Bonchev–Trinajstić information content (AvgIpc) is 2.92. The SMILES string of the molecule is COCOCC(CO)(CCc1ccc2sc3ccc(Oc4ccc(Cl)cc4)cc3c(=O)c2c1)NC(=O)OC(C)(C)C. The monoisotopic (exact) mass is 599 g/mol. The van der Waals surface area contributed by atoms with Crippen LogP contribution in [0.4, 0.5) is 4.79 Å². The number of alkyl carbamates (subject to hydrolysis) is 1. The van der Waals surface area contributed by atoms with Crippen LogP contribution in [0.3, 0.4) is 0 Å². The lowest BCUT2D eigenvalue weighted by molar-refractivity contribution is -0.0645. The zero-order valence-electron chi connectivity index (χ0n) is 23.5. The maximum absolute atomic E-state index is 13.6. The van der Waals surface area contributed by atoms with Crippen LogP contribution in [0.25, 0.3) is 20.2 Å². The van der Waals surface area contributed by atoms with Crippen molar-refractivity contribution in [2.24, 2.45) is 0 Å². The summed E-state index contributed by atoms with van der Waals surface area (Å²) < 4.78 is 23.6. The first-order valence-corrected chi connectivity index (χ1v) is 14.3. The summed E-state index contributed by atoms with van der Waals surface area (Å²) in [6.45, 7) is 4.94. The zero-order chi connectivity index (χ0) is 29.6. The van der Waals surface area contributed by atoms with Crippen LogP contribution in [-0.2, 0) is 20.6 Å². The molecular formula is C31H34ClNO7S. The number of aryl methyl sites for hydroxylation is 1. The number of aliphatic hydroxyl groups is 1. The van der Waals surface area contributed by atoms with E-state index in [1.807, 2.05) is 30.3 Å². The molecule has 0 fully saturated rings. The molecule has 10 heteroatoms. The van der Waals surface area contributed by atoms with Crippen molar-refractivity contribution in [3.63, 3.8) is 0 Å². The number of benzene rings is 3. The highest BCUT2D eigenvalue weighted by Gasteiger charge is 2.33. The van der Waals surface area contributed by atoms with Crippen LogP contribution in [0.2, 0.25) is 5.02 Å². The Labute approximate surface area is 247 Å². The van der Waals surface area contributed by atoms with Gasteiger partial charge in [0.25, 0.3) is 0 Å². The minimum Gasteiger partial charge on any atom is -0.457 e. The number of hydrogen-bond acceptors (Lipinski definition) is 8. The van der Waals surface area contributed by atoms with Crippen LogP contribution in [0.15, 0.2) is 65.5 Å². The standard InChI is InChI=1S/C31H34ClNO7S/c1-30(2,3)40-29(36)33-31(17-34,18-38-19-37-4)14-13-20-5-11-26-24(15-20)28(35)25-16-23(10-12-27(25)41-26)39-22-8-6-21(32)7-9-22/h5-12,15-16,34H,13-14,17-19H2,1-4H3,(H,33,36). The third kappa shape index (κ3) is 8.18. The summed E-state index contributed by atoms with van der Waals surface area (Å²) in [5, 5.41) is 14.9. The molecule has 1 atom stereocenters. The molecule has 2 N–H and O–H groups in total. The average molecular weight is 600 g/mol. The fourth-order valence-corrected chi connectivity index (χ4v) is 5.46. The van der Waals surface area contributed by atoms with Gasteiger partial charge in [0.2, 0.25) is 0 Å². The molecule has 0 spiro atoms. The van der Waals surface area contributed by atoms with Gasteiger partial charge in [-0.1, -0.05) is 17.7 Å². The molecule has 0 aliphatic rings. The second-order valence-corrected chi connectivity index (χ2v) is 12.3. The molecule has 1 heterocycles. The van der Waals surface area contributed by atoms with Gasteiger partial charge in [-0.05, 0) is 93.8 Å². The first kappa shape index (κ1) is 30.7. The lowest BCUT2D eigenvalue weighted by Crippen LogP contribution is -2.56. The van der Waals surface area contributed by atoms with Gasteiger partial charge in [0.05, 0.1) is 18.8 Å². The first-order chi connectivity index (χ1) is 19.5. The Morgan fingerprint density at radius 1 is 0.976 bits per heavy atom. The van der Waals surface area contributed by atoms with Gasteiger partial charge in [0.1, 0.15) is 23.9 Å². The predicted octanol–water partition coefficient (Wildman–Crippen LogP) is 6.67. The Morgan fingerprint density at radius 2 is 1.63 bits per heavy atom. The van der Waals surface area contributed by atoms with E-state index >= 15 is 0 Å². The number of amides is 1. The number of ether oxygens (including phenoxy) is 4. The highest BCUT2D eigenvalue weighted by Crippen LogP contribution is 2.31. The number of carbonyl (C=O) groups excluding carboxylic acids is 1. The molecule has 4 rings (SSSR count). The highest BCUT2D eigenvalue weighted by molar-refractivity contribution is 7.24. The summed E-state index contributed by atoms with van der Waals surface area (Å²) >= 11 is 7.49. The van der Waals surface area contributed by atoms with Gasteiger partial charge in [-0.2, -0.15) is 0 Å². The molecule has 3 aromatic carbocycles. The molecular weight excluding hydrogens is 566 g/mol. The summed E-state index contributed by atoms with van der Waals surface area (Å²) in [4.78, 5) is 26.2. The van der Waals surface area contributed by atoms with Gasteiger partial charge >= 0.3 is 6.09 Å². The van der Waals surface area contributed by atoms with E-state index in [-0.39, 0.29) is 25.4 Å². The number of hydrogen-bond donors (Lipinski definition) is 2. The lowest BCUT2D eigenvalue weighted by Gasteiger charge is -2.33. The first-order valence-electron chi connectivity index (χ1n) is 13.1. The van der Waals surface area contributed by atoms with E-state index in [0.29, 0.717) is 40.1 Å². The van der Waals surface area contributed by atoms with E-state index in [4.69, 9.17) is 30.5 Å². The van der Waals surface area contributed by atoms with Gasteiger partial charge in [-0.3, -0.25) is 4.79 Å².